The minimum Gasteiger partial charge on any atom is -0.481 e. The Morgan fingerprint density at radius 3 is 2.71 bits per heavy atom. The summed E-state index contributed by atoms with van der Waals surface area (Å²) in [6, 6.07) is -0.674. The zero-order valence-corrected chi connectivity index (χ0v) is 12.8. The van der Waals surface area contributed by atoms with Gasteiger partial charge in [0.25, 0.3) is 0 Å². The summed E-state index contributed by atoms with van der Waals surface area (Å²) in [5.41, 5.74) is 0. The number of carboxylic acids is 1. The van der Waals surface area contributed by atoms with Gasteiger partial charge in [0, 0.05) is 19.7 Å². The zero-order chi connectivity index (χ0) is 15.7. The van der Waals surface area contributed by atoms with Gasteiger partial charge in [0.1, 0.15) is 5.92 Å². The Morgan fingerprint density at radius 2 is 2.10 bits per heavy atom. The molecule has 7 nitrogen and oxygen atoms in total. The predicted molar refractivity (Wildman–Crippen MR) is 77.2 cm³/mol. The molecule has 122 valence electrons. The Labute approximate surface area is 125 Å². The second kappa shape index (κ2) is 9.57. The third-order valence-corrected chi connectivity index (χ3v) is 3.53. The van der Waals surface area contributed by atoms with Crippen molar-refractivity contribution in [1.29, 1.82) is 0 Å². The van der Waals surface area contributed by atoms with Crippen LogP contribution in [-0.2, 0) is 14.3 Å². The summed E-state index contributed by atoms with van der Waals surface area (Å²) in [6.45, 7) is 6.37. The molecule has 2 N–H and O–H groups in total. The van der Waals surface area contributed by atoms with Crippen LogP contribution in [0.15, 0.2) is 0 Å². The Balaban J connectivity index is 2.37. The highest BCUT2D eigenvalue weighted by molar-refractivity contribution is 5.77. The highest BCUT2D eigenvalue weighted by Crippen LogP contribution is 2.20. The topological polar surface area (TPSA) is 88.1 Å². The number of nitrogens with zero attached hydrogens (tertiary/aromatic N) is 1. The highest BCUT2D eigenvalue weighted by atomic mass is 16.5. The van der Waals surface area contributed by atoms with Gasteiger partial charge in [-0.3, -0.25) is 4.79 Å². The standard InChI is InChI=1S/C14H26N2O5/c1-3-5-7-20-8-6-15-14(19)16(4-2)12-10-21-9-11(12)13(17)18/h11-12H,3-10H2,1-2H3,(H,15,19)(H,17,18). The van der Waals surface area contributed by atoms with Gasteiger partial charge in [-0.15, -0.1) is 0 Å². The van der Waals surface area contributed by atoms with Crippen LogP contribution in [0.3, 0.4) is 0 Å². The van der Waals surface area contributed by atoms with Crippen molar-refractivity contribution in [3.63, 3.8) is 0 Å². The molecule has 0 spiro atoms. The lowest BCUT2D eigenvalue weighted by molar-refractivity contribution is -0.142. The zero-order valence-electron chi connectivity index (χ0n) is 12.8. The normalized spacial score (nSPS) is 21.2. The van der Waals surface area contributed by atoms with Crippen molar-refractivity contribution in [2.75, 3.05) is 39.5 Å². The molecule has 1 aliphatic rings. The maximum Gasteiger partial charge on any atom is 0.317 e. The number of unbranched alkanes of at least 4 members (excludes halogenated alkanes) is 1. The van der Waals surface area contributed by atoms with Gasteiger partial charge in [0.15, 0.2) is 0 Å². The Kier molecular flexibility index (Phi) is 8.07. The summed E-state index contributed by atoms with van der Waals surface area (Å²) in [5.74, 6) is -1.58. The molecule has 0 aromatic rings. The van der Waals surface area contributed by atoms with E-state index < -0.39 is 17.9 Å². The smallest absolute Gasteiger partial charge is 0.317 e. The van der Waals surface area contributed by atoms with Crippen molar-refractivity contribution in [3.05, 3.63) is 0 Å². The highest BCUT2D eigenvalue weighted by Gasteiger charge is 2.39. The number of hydrogen-bond donors (Lipinski definition) is 2. The molecule has 0 saturated carbocycles. The first kappa shape index (κ1) is 17.7. The van der Waals surface area contributed by atoms with E-state index in [9.17, 15) is 9.59 Å². The lowest BCUT2D eigenvalue weighted by atomic mass is 10.0. The van der Waals surface area contributed by atoms with E-state index in [2.05, 4.69) is 12.2 Å². The molecule has 0 radical (unpaired) electrons. The van der Waals surface area contributed by atoms with Crippen LogP contribution in [-0.4, -0.2) is 67.6 Å². The predicted octanol–water partition coefficient (Wildman–Crippen LogP) is 0.934. The first-order valence-electron chi connectivity index (χ1n) is 7.54. The molecule has 1 fully saturated rings. The molecule has 0 aliphatic carbocycles. The second-order valence-electron chi connectivity index (χ2n) is 5.03. The van der Waals surface area contributed by atoms with Crippen molar-refractivity contribution in [2.45, 2.75) is 32.7 Å². The molecule has 1 rings (SSSR count). The largest absolute Gasteiger partial charge is 0.481 e. The van der Waals surface area contributed by atoms with E-state index in [-0.39, 0.29) is 19.2 Å². The van der Waals surface area contributed by atoms with Crippen molar-refractivity contribution in [3.8, 4) is 0 Å². The Bertz CT molecular complexity index is 337. The van der Waals surface area contributed by atoms with Gasteiger partial charge in [-0.2, -0.15) is 0 Å². The van der Waals surface area contributed by atoms with Gasteiger partial charge in [-0.1, -0.05) is 13.3 Å². The molecule has 2 amide bonds. The maximum absolute atomic E-state index is 12.1. The van der Waals surface area contributed by atoms with Gasteiger partial charge in [-0.25, -0.2) is 4.79 Å². The van der Waals surface area contributed by atoms with E-state index in [1.54, 1.807) is 0 Å². The molecule has 1 saturated heterocycles. The summed E-state index contributed by atoms with van der Waals surface area (Å²) in [6.07, 6.45) is 2.09. The minimum absolute atomic E-state index is 0.157. The Morgan fingerprint density at radius 1 is 1.33 bits per heavy atom. The van der Waals surface area contributed by atoms with Crippen LogP contribution in [0.25, 0.3) is 0 Å². The summed E-state index contributed by atoms with van der Waals surface area (Å²) < 4.78 is 10.6. The van der Waals surface area contributed by atoms with Crippen molar-refractivity contribution >= 4 is 12.0 Å². The fourth-order valence-corrected chi connectivity index (χ4v) is 2.29. The van der Waals surface area contributed by atoms with E-state index in [0.29, 0.717) is 26.3 Å². The second-order valence-corrected chi connectivity index (χ2v) is 5.03. The average Bonchev–Trinajstić information content (AvgIpc) is 2.93. The van der Waals surface area contributed by atoms with Crippen molar-refractivity contribution in [2.24, 2.45) is 5.92 Å². The number of carbonyl (C=O) groups is 2. The molecule has 7 heteroatoms. The monoisotopic (exact) mass is 302 g/mol. The average molecular weight is 302 g/mol. The number of urea groups is 1. The van der Waals surface area contributed by atoms with Crippen LogP contribution < -0.4 is 5.32 Å². The van der Waals surface area contributed by atoms with E-state index in [1.165, 1.54) is 4.90 Å². The maximum atomic E-state index is 12.1. The third-order valence-electron chi connectivity index (χ3n) is 3.53. The number of likely N-dealkylation sites (N-methyl/N-ethyl adjacent to an activating group) is 1. The van der Waals surface area contributed by atoms with Crippen LogP contribution in [0.1, 0.15) is 26.7 Å². The molecule has 21 heavy (non-hydrogen) atoms. The van der Waals surface area contributed by atoms with Crippen LogP contribution in [0.4, 0.5) is 4.79 Å². The van der Waals surface area contributed by atoms with Crippen LogP contribution in [0.5, 0.6) is 0 Å². The van der Waals surface area contributed by atoms with Gasteiger partial charge >= 0.3 is 12.0 Å². The summed E-state index contributed by atoms with van der Waals surface area (Å²) >= 11 is 0. The third kappa shape index (κ3) is 5.51. The summed E-state index contributed by atoms with van der Waals surface area (Å²) in [5, 5.41) is 11.9. The number of carbonyl (C=O) groups excluding carboxylic acids is 1. The summed E-state index contributed by atoms with van der Waals surface area (Å²) in [7, 11) is 0. The molecule has 1 aliphatic heterocycles. The molecule has 0 bridgehead atoms. The number of rotatable bonds is 9. The number of nitrogens with one attached hydrogen (secondary N) is 1. The lowest BCUT2D eigenvalue weighted by Gasteiger charge is -2.29. The number of ether oxygens (including phenoxy) is 2. The van der Waals surface area contributed by atoms with Crippen molar-refractivity contribution < 1.29 is 24.2 Å². The fraction of sp³-hybridized carbons (Fsp3) is 0.857. The Hall–Kier alpha value is -1.34. The van der Waals surface area contributed by atoms with Crippen molar-refractivity contribution in [1.82, 2.24) is 10.2 Å². The number of carboxylic acid groups (broad SMARTS) is 1. The molecular formula is C14H26N2O5. The molecule has 2 unspecified atom stereocenters. The van der Waals surface area contributed by atoms with Gasteiger partial charge in [-0.05, 0) is 13.3 Å². The molecule has 1 heterocycles. The molecule has 0 aromatic heterocycles. The van der Waals surface area contributed by atoms with Crippen LogP contribution in [0.2, 0.25) is 0 Å². The first-order valence-corrected chi connectivity index (χ1v) is 7.54. The van der Waals surface area contributed by atoms with E-state index in [1.807, 2.05) is 6.92 Å². The quantitative estimate of drug-likeness (QED) is 0.619. The number of amides is 2. The van der Waals surface area contributed by atoms with Crippen LogP contribution in [0, 0.1) is 5.92 Å². The van der Waals surface area contributed by atoms with Crippen LogP contribution >= 0.6 is 0 Å². The van der Waals surface area contributed by atoms with E-state index in [4.69, 9.17) is 14.6 Å². The SMILES string of the molecule is CCCCOCCNC(=O)N(CC)C1COCC1C(=O)O. The molecular weight excluding hydrogens is 276 g/mol. The van der Waals surface area contributed by atoms with Gasteiger partial charge in [0.2, 0.25) is 0 Å². The van der Waals surface area contributed by atoms with E-state index >= 15 is 0 Å². The minimum atomic E-state index is -0.924. The molecule has 2 atom stereocenters. The van der Waals surface area contributed by atoms with Gasteiger partial charge in [0.05, 0.1) is 25.9 Å². The van der Waals surface area contributed by atoms with E-state index in [0.717, 1.165) is 12.8 Å². The number of aliphatic carboxylic acids is 1. The summed E-state index contributed by atoms with van der Waals surface area (Å²) in [4.78, 5) is 24.8. The fourth-order valence-electron chi connectivity index (χ4n) is 2.29. The number of hydrogen-bond acceptors (Lipinski definition) is 4. The lowest BCUT2D eigenvalue weighted by Crippen LogP contribution is -2.51. The van der Waals surface area contributed by atoms with Gasteiger partial charge < -0.3 is 24.8 Å². The molecule has 0 aromatic carbocycles. The first-order chi connectivity index (χ1) is 10.1.